The number of sulfone groups is 1. The lowest BCUT2D eigenvalue weighted by molar-refractivity contribution is -0.154. The fourth-order valence-electron chi connectivity index (χ4n) is 2.55. The highest BCUT2D eigenvalue weighted by Crippen LogP contribution is 2.30. The van der Waals surface area contributed by atoms with Crippen LogP contribution in [0.3, 0.4) is 0 Å². The number of hydrogen-bond donors (Lipinski definition) is 2. The van der Waals surface area contributed by atoms with Crippen LogP contribution < -0.4 is 5.32 Å². The van der Waals surface area contributed by atoms with E-state index >= 15 is 0 Å². The third-order valence-corrected chi connectivity index (χ3v) is 5.18. The minimum Gasteiger partial charge on any atom is -0.481 e. The predicted molar refractivity (Wildman–Crippen MR) is 82.0 cm³/mol. The van der Waals surface area contributed by atoms with Gasteiger partial charge in [-0.05, 0) is 25.0 Å². The van der Waals surface area contributed by atoms with Gasteiger partial charge in [0.2, 0.25) is 0 Å². The van der Waals surface area contributed by atoms with Gasteiger partial charge in [0.15, 0.2) is 9.84 Å². The number of benzene rings is 1. The molecule has 8 heteroatoms. The van der Waals surface area contributed by atoms with Crippen LogP contribution in [0, 0.1) is 5.41 Å². The van der Waals surface area contributed by atoms with E-state index in [4.69, 9.17) is 4.74 Å². The number of carboxylic acid groups (broad SMARTS) is 1. The normalized spacial score (nSPS) is 17.4. The van der Waals surface area contributed by atoms with Gasteiger partial charge in [0, 0.05) is 26.0 Å². The highest BCUT2D eigenvalue weighted by atomic mass is 32.2. The zero-order chi connectivity index (χ0) is 17.1. The Kier molecular flexibility index (Phi) is 5.06. The number of amides is 1. The fourth-order valence-corrected chi connectivity index (χ4v) is 3.44. The van der Waals surface area contributed by atoms with Gasteiger partial charge in [0.05, 0.1) is 15.9 Å². The number of rotatable bonds is 5. The van der Waals surface area contributed by atoms with Gasteiger partial charge in [-0.25, -0.2) is 8.42 Å². The van der Waals surface area contributed by atoms with Gasteiger partial charge in [-0.1, -0.05) is 12.1 Å². The molecule has 1 fully saturated rings. The largest absolute Gasteiger partial charge is 0.481 e. The number of nitrogens with one attached hydrogen (secondary N) is 1. The van der Waals surface area contributed by atoms with Crippen LogP contribution in [-0.2, 0) is 19.4 Å². The first-order chi connectivity index (χ1) is 10.8. The lowest BCUT2D eigenvalue weighted by Gasteiger charge is -2.33. The van der Waals surface area contributed by atoms with Crippen LogP contribution in [0.5, 0.6) is 0 Å². The SMILES string of the molecule is CS(=O)(=O)c1ccccc1C(=O)NCC1(C(=O)O)CCOCC1. The Labute approximate surface area is 134 Å². The highest BCUT2D eigenvalue weighted by molar-refractivity contribution is 7.90. The lowest BCUT2D eigenvalue weighted by Crippen LogP contribution is -2.46. The number of carbonyl (C=O) groups excluding carboxylic acids is 1. The van der Waals surface area contributed by atoms with Gasteiger partial charge < -0.3 is 15.2 Å². The Balaban J connectivity index is 2.18. The average molecular weight is 341 g/mol. The molecule has 0 aliphatic carbocycles. The molecule has 7 nitrogen and oxygen atoms in total. The minimum atomic E-state index is -3.55. The first kappa shape index (κ1) is 17.4. The van der Waals surface area contributed by atoms with Crippen molar-refractivity contribution in [1.29, 1.82) is 0 Å². The number of hydrogen-bond acceptors (Lipinski definition) is 5. The molecule has 0 radical (unpaired) electrons. The molecule has 0 aromatic heterocycles. The van der Waals surface area contributed by atoms with E-state index in [9.17, 15) is 23.1 Å². The fraction of sp³-hybridized carbons (Fsp3) is 0.467. The third-order valence-electron chi connectivity index (χ3n) is 4.02. The number of carboxylic acids is 1. The molecule has 126 valence electrons. The van der Waals surface area contributed by atoms with Crippen molar-refractivity contribution in [1.82, 2.24) is 5.32 Å². The summed E-state index contributed by atoms with van der Waals surface area (Å²) < 4.78 is 28.7. The molecular formula is C15H19NO6S. The van der Waals surface area contributed by atoms with E-state index in [1.54, 1.807) is 6.07 Å². The summed E-state index contributed by atoms with van der Waals surface area (Å²) in [4.78, 5) is 23.8. The molecule has 0 spiro atoms. The number of carbonyl (C=O) groups is 2. The second kappa shape index (κ2) is 6.67. The molecule has 0 atom stereocenters. The number of aliphatic carboxylic acids is 1. The molecule has 0 unspecified atom stereocenters. The Morgan fingerprint density at radius 2 is 1.87 bits per heavy atom. The molecule has 2 N–H and O–H groups in total. The van der Waals surface area contributed by atoms with E-state index in [2.05, 4.69) is 5.32 Å². The van der Waals surface area contributed by atoms with E-state index in [1.807, 2.05) is 0 Å². The molecular weight excluding hydrogens is 322 g/mol. The summed E-state index contributed by atoms with van der Waals surface area (Å²) >= 11 is 0. The quantitative estimate of drug-likeness (QED) is 0.816. The van der Waals surface area contributed by atoms with Gasteiger partial charge in [0.25, 0.3) is 5.91 Å². The van der Waals surface area contributed by atoms with Crippen molar-refractivity contribution in [3.8, 4) is 0 Å². The summed E-state index contributed by atoms with van der Waals surface area (Å²) in [5, 5.41) is 12.0. The van der Waals surface area contributed by atoms with Crippen LogP contribution in [0.25, 0.3) is 0 Å². The Morgan fingerprint density at radius 3 is 2.43 bits per heavy atom. The molecule has 1 saturated heterocycles. The van der Waals surface area contributed by atoms with E-state index in [0.717, 1.165) is 6.26 Å². The summed E-state index contributed by atoms with van der Waals surface area (Å²) in [5.74, 6) is -1.59. The first-order valence-electron chi connectivity index (χ1n) is 7.15. The van der Waals surface area contributed by atoms with E-state index in [-0.39, 0.29) is 17.0 Å². The molecule has 1 amide bonds. The second-order valence-corrected chi connectivity index (χ2v) is 7.63. The Hall–Kier alpha value is -1.93. The monoisotopic (exact) mass is 341 g/mol. The Bertz CT molecular complexity index is 706. The van der Waals surface area contributed by atoms with Gasteiger partial charge in [-0.3, -0.25) is 9.59 Å². The maximum Gasteiger partial charge on any atom is 0.311 e. The third kappa shape index (κ3) is 3.89. The average Bonchev–Trinajstić information content (AvgIpc) is 2.52. The standard InChI is InChI=1S/C15H19NO6S/c1-23(20,21)12-5-3-2-4-11(12)13(17)16-10-15(14(18)19)6-8-22-9-7-15/h2-5H,6-10H2,1H3,(H,16,17)(H,18,19). The molecule has 0 bridgehead atoms. The van der Waals surface area contributed by atoms with Gasteiger partial charge in [0.1, 0.15) is 0 Å². The zero-order valence-electron chi connectivity index (χ0n) is 12.7. The van der Waals surface area contributed by atoms with Crippen LogP contribution in [0.4, 0.5) is 0 Å². The molecule has 0 saturated carbocycles. The second-order valence-electron chi connectivity index (χ2n) is 5.65. The molecule has 1 aliphatic rings. The summed E-state index contributed by atoms with van der Waals surface area (Å²) in [6.45, 7) is 0.576. The van der Waals surface area contributed by atoms with Crippen molar-refractivity contribution in [2.24, 2.45) is 5.41 Å². The van der Waals surface area contributed by atoms with Crippen molar-refractivity contribution < 1.29 is 27.9 Å². The van der Waals surface area contributed by atoms with Gasteiger partial charge >= 0.3 is 5.97 Å². The van der Waals surface area contributed by atoms with Crippen molar-refractivity contribution in [2.75, 3.05) is 26.0 Å². The van der Waals surface area contributed by atoms with E-state index in [0.29, 0.717) is 26.1 Å². The molecule has 1 aromatic rings. The van der Waals surface area contributed by atoms with Crippen LogP contribution in [0.2, 0.25) is 0 Å². The molecule has 2 rings (SSSR count). The van der Waals surface area contributed by atoms with Crippen molar-refractivity contribution in [3.05, 3.63) is 29.8 Å². The van der Waals surface area contributed by atoms with Crippen molar-refractivity contribution in [3.63, 3.8) is 0 Å². The summed E-state index contributed by atoms with van der Waals surface area (Å²) in [5.41, 5.74) is -1.06. The molecule has 1 heterocycles. The number of ether oxygens (including phenoxy) is 1. The van der Waals surface area contributed by atoms with E-state index < -0.39 is 27.1 Å². The van der Waals surface area contributed by atoms with Crippen LogP contribution in [-0.4, -0.2) is 51.4 Å². The molecule has 1 aliphatic heterocycles. The van der Waals surface area contributed by atoms with E-state index in [1.165, 1.54) is 18.2 Å². The summed E-state index contributed by atoms with van der Waals surface area (Å²) in [6.07, 6.45) is 1.63. The van der Waals surface area contributed by atoms with Crippen LogP contribution >= 0.6 is 0 Å². The van der Waals surface area contributed by atoms with Crippen LogP contribution in [0.15, 0.2) is 29.2 Å². The molecule has 1 aromatic carbocycles. The van der Waals surface area contributed by atoms with Crippen molar-refractivity contribution >= 4 is 21.7 Å². The summed E-state index contributed by atoms with van der Waals surface area (Å²) in [7, 11) is -3.55. The maximum absolute atomic E-state index is 12.3. The predicted octanol–water partition coefficient (Wildman–Crippen LogP) is 0.701. The van der Waals surface area contributed by atoms with Crippen molar-refractivity contribution in [2.45, 2.75) is 17.7 Å². The minimum absolute atomic E-state index is 0.0163. The Morgan fingerprint density at radius 1 is 1.26 bits per heavy atom. The zero-order valence-corrected chi connectivity index (χ0v) is 13.6. The summed E-state index contributed by atoms with van der Waals surface area (Å²) in [6, 6.07) is 5.85. The van der Waals surface area contributed by atoms with Crippen LogP contribution in [0.1, 0.15) is 23.2 Å². The highest BCUT2D eigenvalue weighted by Gasteiger charge is 2.40. The lowest BCUT2D eigenvalue weighted by atomic mass is 9.80. The van der Waals surface area contributed by atoms with Gasteiger partial charge in [-0.15, -0.1) is 0 Å². The maximum atomic E-state index is 12.3. The topological polar surface area (TPSA) is 110 Å². The smallest absolute Gasteiger partial charge is 0.311 e. The van der Waals surface area contributed by atoms with Gasteiger partial charge in [-0.2, -0.15) is 0 Å². The first-order valence-corrected chi connectivity index (χ1v) is 9.04. The molecule has 23 heavy (non-hydrogen) atoms.